The minimum atomic E-state index is 0.269. The fourth-order valence-corrected chi connectivity index (χ4v) is 4.49. The van der Waals surface area contributed by atoms with Crippen molar-refractivity contribution in [1.82, 2.24) is 19.9 Å². The van der Waals surface area contributed by atoms with Crippen LogP contribution in [0, 0.1) is 0 Å². The van der Waals surface area contributed by atoms with Gasteiger partial charge in [0.05, 0.1) is 24.7 Å². The number of nitrogens with one attached hydrogen (secondary N) is 1. The van der Waals surface area contributed by atoms with Gasteiger partial charge >= 0.3 is 0 Å². The number of hydrogen-bond donors (Lipinski definition) is 1. The number of nitrogens with zero attached hydrogens (tertiary/aromatic N) is 4. The number of anilines is 1. The van der Waals surface area contributed by atoms with Gasteiger partial charge in [0, 0.05) is 18.5 Å². The maximum atomic E-state index is 6.40. The molecule has 1 N–H and O–H groups in total. The molecule has 1 atom stereocenters. The number of H-pyrrole nitrogens is 1. The van der Waals surface area contributed by atoms with Crippen LogP contribution in [-0.4, -0.2) is 45.7 Å². The van der Waals surface area contributed by atoms with Crippen molar-refractivity contribution in [2.45, 2.75) is 51.5 Å². The molecule has 0 amide bonds. The number of hydrogen-bond acceptors (Lipinski definition) is 6. The molecular weight excluding hydrogens is 390 g/mol. The van der Waals surface area contributed by atoms with Crippen LogP contribution in [0.1, 0.15) is 50.2 Å². The molecule has 1 aliphatic heterocycles. The molecule has 1 aliphatic carbocycles. The Balaban J connectivity index is 1.32. The molecule has 2 aliphatic rings. The molecule has 1 fully saturated rings. The van der Waals surface area contributed by atoms with Crippen molar-refractivity contribution in [2.24, 2.45) is 0 Å². The molecule has 7 heteroatoms. The summed E-state index contributed by atoms with van der Waals surface area (Å²) in [7, 11) is 0. The Bertz CT molecular complexity index is 1080. The molecule has 1 saturated heterocycles. The summed E-state index contributed by atoms with van der Waals surface area (Å²) in [6.07, 6.45) is 11.8. The Kier molecular flexibility index (Phi) is 5.74. The maximum Gasteiger partial charge on any atom is 0.182 e. The molecule has 5 rings (SSSR count). The lowest BCUT2D eigenvalue weighted by atomic mass is 9.95. The normalized spacial score (nSPS) is 18.2. The Hall–Kier alpha value is -3.09. The number of fused-ring (bicyclic) bond motifs is 2. The van der Waals surface area contributed by atoms with Crippen LogP contribution in [0.3, 0.4) is 0 Å². The molecule has 162 valence electrons. The van der Waals surface area contributed by atoms with Crippen molar-refractivity contribution in [2.75, 3.05) is 24.7 Å². The first-order chi connectivity index (χ1) is 15.3. The average Bonchev–Trinajstić information content (AvgIpc) is 3.47. The smallest absolute Gasteiger partial charge is 0.182 e. The zero-order chi connectivity index (χ0) is 21.0. The van der Waals surface area contributed by atoms with Gasteiger partial charge in [0.15, 0.2) is 11.5 Å². The molecule has 31 heavy (non-hydrogen) atoms. The Morgan fingerprint density at radius 1 is 1.16 bits per heavy atom. The first-order valence-corrected chi connectivity index (χ1v) is 11.3. The molecule has 3 heterocycles. The number of allylic oxidation sites excluding steroid dienone is 1. The van der Waals surface area contributed by atoms with E-state index in [9.17, 15) is 0 Å². The second-order valence-electron chi connectivity index (χ2n) is 8.24. The number of imidazole rings is 1. The molecule has 0 radical (unpaired) electrons. The van der Waals surface area contributed by atoms with Crippen LogP contribution in [-0.2, 0) is 11.2 Å². The lowest BCUT2D eigenvalue weighted by Crippen LogP contribution is -2.35. The summed E-state index contributed by atoms with van der Waals surface area (Å²) < 4.78 is 12.4. The quantitative estimate of drug-likeness (QED) is 0.542. The topological polar surface area (TPSA) is 76.2 Å². The fraction of sp³-hybridized carbons (Fsp3) is 0.458. The third-order valence-electron chi connectivity index (χ3n) is 6.17. The van der Waals surface area contributed by atoms with Gasteiger partial charge in [-0.2, -0.15) is 0 Å². The van der Waals surface area contributed by atoms with Crippen LogP contribution in [0.15, 0.2) is 36.6 Å². The van der Waals surface area contributed by atoms with E-state index in [1.165, 1.54) is 11.1 Å². The predicted molar refractivity (Wildman–Crippen MR) is 121 cm³/mol. The number of unbranched alkanes of at least 4 members (excludes halogenated alkanes) is 1. The maximum absolute atomic E-state index is 6.40. The van der Waals surface area contributed by atoms with Crippen LogP contribution in [0.2, 0.25) is 0 Å². The third-order valence-corrected chi connectivity index (χ3v) is 6.17. The Morgan fingerprint density at radius 2 is 2.13 bits per heavy atom. The van der Waals surface area contributed by atoms with E-state index in [4.69, 9.17) is 9.47 Å². The van der Waals surface area contributed by atoms with E-state index in [0.717, 1.165) is 74.5 Å². The highest BCUT2D eigenvalue weighted by atomic mass is 16.5. The van der Waals surface area contributed by atoms with Gasteiger partial charge in [-0.05, 0) is 43.4 Å². The molecule has 7 nitrogen and oxygen atoms in total. The van der Waals surface area contributed by atoms with Gasteiger partial charge < -0.3 is 19.4 Å². The molecule has 3 aromatic rings. The van der Waals surface area contributed by atoms with Gasteiger partial charge in [-0.25, -0.2) is 15.0 Å². The summed E-state index contributed by atoms with van der Waals surface area (Å²) >= 11 is 0. The van der Waals surface area contributed by atoms with E-state index in [0.29, 0.717) is 12.3 Å². The highest BCUT2D eigenvalue weighted by molar-refractivity contribution is 5.83. The standard InChI is InChI=1S/C24H29N5O2/c1-2-3-12-30-19-10-9-17-6-4-8-21(20(17)13-19)31-14-18-7-5-11-29(18)24-22-23(26-15-25-22)27-16-28-24/h4,6,8,13,15-16,18H,2-3,5,7,9-12,14H2,1H3,(H,25,26,27,28). The predicted octanol–water partition coefficient (Wildman–Crippen LogP) is 4.50. The van der Waals surface area contributed by atoms with E-state index in [1.807, 2.05) is 0 Å². The minimum Gasteiger partial charge on any atom is -0.498 e. The highest BCUT2D eigenvalue weighted by Gasteiger charge is 2.29. The third kappa shape index (κ3) is 4.09. The minimum absolute atomic E-state index is 0.269. The summed E-state index contributed by atoms with van der Waals surface area (Å²) in [5.41, 5.74) is 4.10. The van der Waals surface area contributed by atoms with Crippen molar-refractivity contribution in [1.29, 1.82) is 0 Å². The number of ether oxygens (including phenoxy) is 2. The monoisotopic (exact) mass is 419 g/mol. The van der Waals surface area contributed by atoms with Gasteiger partial charge in [-0.3, -0.25) is 0 Å². The lowest BCUT2D eigenvalue weighted by molar-refractivity contribution is 0.200. The van der Waals surface area contributed by atoms with Crippen molar-refractivity contribution in [3.05, 3.63) is 47.7 Å². The highest BCUT2D eigenvalue weighted by Crippen LogP contribution is 2.33. The first-order valence-electron chi connectivity index (χ1n) is 11.3. The van der Waals surface area contributed by atoms with E-state index >= 15 is 0 Å². The molecule has 0 bridgehead atoms. The van der Waals surface area contributed by atoms with Gasteiger partial charge in [-0.1, -0.05) is 25.5 Å². The second kappa shape index (κ2) is 8.96. The summed E-state index contributed by atoms with van der Waals surface area (Å²) in [4.78, 5) is 18.6. The van der Waals surface area contributed by atoms with Crippen molar-refractivity contribution < 1.29 is 9.47 Å². The van der Waals surface area contributed by atoms with E-state index in [2.05, 4.69) is 56.0 Å². The molecule has 0 spiro atoms. The van der Waals surface area contributed by atoms with Crippen LogP contribution in [0.5, 0.6) is 5.75 Å². The van der Waals surface area contributed by atoms with Crippen molar-refractivity contribution >= 4 is 23.1 Å². The Morgan fingerprint density at radius 3 is 3.06 bits per heavy atom. The van der Waals surface area contributed by atoms with Gasteiger partial charge in [0.1, 0.15) is 24.2 Å². The average molecular weight is 420 g/mol. The Labute approximate surface area is 182 Å². The fourth-order valence-electron chi connectivity index (χ4n) is 4.49. The van der Waals surface area contributed by atoms with Gasteiger partial charge in [0.25, 0.3) is 0 Å². The molecule has 1 aromatic carbocycles. The van der Waals surface area contributed by atoms with E-state index < -0.39 is 0 Å². The summed E-state index contributed by atoms with van der Waals surface area (Å²) in [6, 6.07) is 6.63. The lowest BCUT2D eigenvalue weighted by Gasteiger charge is -2.27. The van der Waals surface area contributed by atoms with Crippen LogP contribution in [0.25, 0.3) is 17.2 Å². The summed E-state index contributed by atoms with van der Waals surface area (Å²) in [5, 5.41) is 0. The zero-order valence-electron chi connectivity index (χ0n) is 18.0. The second-order valence-corrected chi connectivity index (χ2v) is 8.24. The largest absolute Gasteiger partial charge is 0.498 e. The first kappa shape index (κ1) is 19.8. The van der Waals surface area contributed by atoms with Crippen LogP contribution < -0.4 is 9.64 Å². The van der Waals surface area contributed by atoms with Crippen LogP contribution >= 0.6 is 0 Å². The van der Waals surface area contributed by atoms with Gasteiger partial charge in [-0.15, -0.1) is 0 Å². The number of rotatable bonds is 8. The number of aryl methyl sites for hydroxylation is 1. The van der Waals surface area contributed by atoms with Crippen molar-refractivity contribution in [3.63, 3.8) is 0 Å². The van der Waals surface area contributed by atoms with E-state index in [1.54, 1.807) is 12.7 Å². The number of benzene rings is 1. The molecular formula is C24H29N5O2. The van der Waals surface area contributed by atoms with Crippen molar-refractivity contribution in [3.8, 4) is 5.75 Å². The number of aromatic nitrogens is 4. The summed E-state index contributed by atoms with van der Waals surface area (Å²) in [6.45, 7) is 4.56. The number of aromatic amines is 1. The molecule has 2 aromatic heterocycles. The van der Waals surface area contributed by atoms with Crippen LogP contribution in [0.4, 0.5) is 5.82 Å². The SMILES string of the molecule is CCCCOC1=Cc2c(cccc2OCC2CCCN2c2ncnc3nc[nH]c23)CC1. The summed E-state index contributed by atoms with van der Waals surface area (Å²) in [5.74, 6) is 2.92. The molecule has 0 saturated carbocycles. The molecule has 1 unspecified atom stereocenters. The van der Waals surface area contributed by atoms with Gasteiger partial charge in [0.2, 0.25) is 0 Å². The zero-order valence-corrected chi connectivity index (χ0v) is 18.0. The van der Waals surface area contributed by atoms with E-state index in [-0.39, 0.29) is 6.04 Å².